The molecule has 0 radical (unpaired) electrons. The quantitative estimate of drug-likeness (QED) is 0.683. The van der Waals surface area contributed by atoms with E-state index in [0.717, 1.165) is 25.0 Å². The predicted molar refractivity (Wildman–Crippen MR) is 61.9 cm³/mol. The van der Waals surface area contributed by atoms with Gasteiger partial charge in [0.15, 0.2) is 0 Å². The second-order valence-electron chi connectivity index (χ2n) is 4.19. The van der Waals surface area contributed by atoms with Crippen molar-refractivity contribution in [1.82, 2.24) is 0 Å². The Morgan fingerprint density at radius 3 is 2.43 bits per heavy atom. The first-order chi connectivity index (χ1) is 6.68. The highest BCUT2D eigenvalue weighted by atomic mass is 14.4. The summed E-state index contributed by atoms with van der Waals surface area (Å²) in [7, 11) is 0. The van der Waals surface area contributed by atoms with Gasteiger partial charge in [-0.15, -0.1) is 0 Å². The van der Waals surface area contributed by atoms with Gasteiger partial charge in [0.2, 0.25) is 0 Å². The van der Waals surface area contributed by atoms with Crippen molar-refractivity contribution in [2.24, 2.45) is 5.92 Å². The van der Waals surface area contributed by atoms with Crippen LogP contribution in [0.5, 0.6) is 0 Å². The molecule has 0 aliphatic heterocycles. The second-order valence-corrected chi connectivity index (χ2v) is 4.19. The van der Waals surface area contributed by atoms with Crippen LogP contribution in [-0.4, -0.2) is 5.71 Å². The standard InChI is InChI=1S/C13H19N/c1-11(2)10-13(14)9-8-12-6-4-3-5-7-12/h3-7,11,14H,8-10H2,1-2H3. The average molecular weight is 189 g/mol. The molecule has 0 saturated heterocycles. The molecule has 1 N–H and O–H groups in total. The molecule has 0 unspecified atom stereocenters. The van der Waals surface area contributed by atoms with Crippen LogP contribution < -0.4 is 0 Å². The highest BCUT2D eigenvalue weighted by molar-refractivity contribution is 5.81. The van der Waals surface area contributed by atoms with Gasteiger partial charge in [-0.05, 0) is 30.7 Å². The van der Waals surface area contributed by atoms with Gasteiger partial charge in [0.05, 0.1) is 0 Å². The molecule has 1 aromatic carbocycles. The molecule has 0 bridgehead atoms. The van der Waals surface area contributed by atoms with Crippen LogP contribution in [-0.2, 0) is 6.42 Å². The van der Waals surface area contributed by atoms with Gasteiger partial charge in [-0.1, -0.05) is 44.2 Å². The zero-order valence-corrected chi connectivity index (χ0v) is 9.09. The van der Waals surface area contributed by atoms with Gasteiger partial charge < -0.3 is 5.41 Å². The minimum absolute atomic E-state index is 0.610. The van der Waals surface area contributed by atoms with Crippen LogP contribution in [0.25, 0.3) is 0 Å². The van der Waals surface area contributed by atoms with E-state index in [4.69, 9.17) is 5.41 Å². The summed E-state index contributed by atoms with van der Waals surface area (Å²) < 4.78 is 0. The Kier molecular flexibility index (Phi) is 4.37. The molecule has 0 heterocycles. The van der Waals surface area contributed by atoms with Gasteiger partial charge >= 0.3 is 0 Å². The Hall–Kier alpha value is -1.11. The minimum Gasteiger partial charge on any atom is -0.310 e. The highest BCUT2D eigenvalue weighted by Gasteiger charge is 2.01. The van der Waals surface area contributed by atoms with Gasteiger partial charge in [-0.3, -0.25) is 0 Å². The fourth-order valence-electron chi connectivity index (χ4n) is 1.53. The van der Waals surface area contributed by atoms with Crippen molar-refractivity contribution in [2.75, 3.05) is 0 Å². The van der Waals surface area contributed by atoms with Crippen LogP contribution >= 0.6 is 0 Å². The topological polar surface area (TPSA) is 23.9 Å². The zero-order chi connectivity index (χ0) is 10.4. The minimum atomic E-state index is 0.610. The lowest BCUT2D eigenvalue weighted by Gasteiger charge is -2.06. The number of hydrogen-bond donors (Lipinski definition) is 1. The maximum atomic E-state index is 7.77. The maximum absolute atomic E-state index is 7.77. The first kappa shape index (κ1) is 11.0. The van der Waals surface area contributed by atoms with Crippen molar-refractivity contribution in [1.29, 1.82) is 5.41 Å². The van der Waals surface area contributed by atoms with Crippen LogP contribution in [0, 0.1) is 11.3 Å². The molecule has 14 heavy (non-hydrogen) atoms. The number of hydrogen-bond acceptors (Lipinski definition) is 1. The van der Waals surface area contributed by atoms with Gasteiger partial charge in [-0.25, -0.2) is 0 Å². The highest BCUT2D eigenvalue weighted by Crippen LogP contribution is 2.07. The third-order valence-corrected chi connectivity index (χ3v) is 2.21. The molecule has 0 aliphatic carbocycles. The fourth-order valence-corrected chi connectivity index (χ4v) is 1.53. The van der Waals surface area contributed by atoms with E-state index in [1.54, 1.807) is 0 Å². The summed E-state index contributed by atoms with van der Waals surface area (Å²) in [6, 6.07) is 10.4. The van der Waals surface area contributed by atoms with Gasteiger partial charge in [-0.2, -0.15) is 0 Å². The first-order valence-corrected chi connectivity index (χ1v) is 5.28. The Bertz CT molecular complexity index is 275. The second kappa shape index (κ2) is 5.58. The largest absolute Gasteiger partial charge is 0.310 e. The molecule has 1 heteroatoms. The van der Waals surface area contributed by atoms with E-state index in [9.17, 15) is 0 Å². The van der Waals surface area contributed by atoms with Crippen LogP contribution in [0.4, 0.5) is 0 Å². The lowest BCUT2D eigenvalue weighted by atomic mass is 10.0. The maximum Gasteiger partial charge on any atom is 0.00950 e. The van der Waals surface area contributed by atoms with Crippen LogP contribution in [0.15, 0.2) is 30.3 Å². The Morgan fingerprint density at radius 2 is 1.86 bits per heavy atom. The summed E-state index contributed by atoms with van der Waals surface area (Å²) >= 11 is 0. The molecule has 0 saturated carbocycles. The molecular formula is C13H19N. The monoisotopic (exact) mass is 189 g/mol. The molecule has 76 valence electrons. The third kappa shape index (κ3) is 4.22. The SMILES string of the molecule is CC(C)CC(=N)CCc1ccccc1. The molecule has 0 atom stereocenters. The van der Waals surface area contributed by atoms with Gasteiger partial charge in [0.25, 0.3) is 0 Å². The van der Waals surface area contributed by atoms with Crippen molar-refractivity contribution in [3.05, 3.63) is 35.9 Å². The summed E-state index contributed by atoms with van der Waals surface area (Å²) in [6.07, 6.45) is 2.85. The fraction of sp³-hybridized carbons (Fsp3) is 0.462. The van der Waals surface area contributed by atoms with Crippen molar-refractivity contribution in [3.63, 3.8) is 0 Å². The first-order valence-electron chi connectivity index (χ1n) is 5.28. The normalized spacial score (nSPS) is 10.5. The van der Waals surface area contributed by atoms with E-state index >= 15 is 0 Å². The van der Waals surface area contributed by atoms with E-state index in [1.165, 1.54) is 5.56 Å². The third-order valence-electron chi connectivity index (χ3n) is 2.21. The molecule has 1 aromatic rings. The summed E-state index contributed by atoms with van der Waals surface area (Å²) in [5.41, 5.74) is 2.21. The lowest BCUT2D eigenvalue weighted by molar-refractivity contribution is 0.673. The van der Waals surface area contributed by atoms with Crippen LogP contribution in [0.3, 0.4) is 0 Å². The van der Waals surface area contributed by atoms with Crippen molar-refractivity contribution in [3.8, 4) is 0 Å². The molecule has 1 nitrogen and oxygen atoms in total. The van der Waals surface area contributed by atoms with E-state index < -0.39 is 0 Å². The van der Waals surface area contributed by atoms with E-state index in [1.807, 2.05) is 6.07 Å². The Labute approximate surface area is 86.7 Å². The van der Waals surface area contributed by atoms with Crippen LogP contribution in [0.2, 0.25) is 0 Å². The molecule has 0 amide bonds. The zero-order valence-electron chi connectivity index (χ0n) is 9.09. The summed E-state index contributed by atoms with van der Waals surface area (Å²) in [4.78, 5) is 0. The van der Waals surface area contributed by atoms with E-state index in [0.29, 0.717) is 5.92 Å². The molecular weight excluding hydrogens is 170 g/mol. The average Bonchev–Trinajstić information content (AvgIpc) is 2.15. The van der Waals surface area contributed by atoms with E-state index in [-0.39, 0.29) is 0 Å². The summed E-state index contributed by atoms with van der Waals surface area (Å²) in [5.74, 6) is 0.610. The van der Waals surface area contributed by atoms with Crippen molar-refractivity contribution < 1.29 is 0 Å². The predicted octanol–water partition coefficient (Wildman–Crippen LogP) is 3.69. The molecule has 0 aromatic heterocycles. The number of benzene rings is 1. The van der Waals surface area contributed by atoms with Crippen LogP contribution in [0.1, 0.15) is 32.3 Å². The van der Waals surface area contributed by atoms with Gasteiger partial charge in [0.1, 0.15) is 0 Å². The Balaban J connectivity index is 2.31. The summed E-state index contributed by atoms with van der Waals surface area (Å²) in [5, 5.41) is 7.77. The number of rotatable bonds is 5. The molecule has 1 rings (SSSR count). The van der Waals surface area contributed by atoms with Crippen molar-refractivity contribution in [2.45, 2.75) is 33.1 Å². The number of aryl methyl sites for hydroxylation is 1. The smallest absolute Gasteiger partial charge is 0.00950 e. The molecule has 0 aliphatic rings. The van der Waals surface area contributed by atoms with E-state index in [2.05, 4.69) is 38.1 Å². The summed E-state index contributed by atoms with van der Waals surface area (Å²) in [6.45, 7) is 4.33. The van der Waals surface area contributed by atoms with Gasteiger partial charge in [0, 0.05) is 5.71 Å². The molecule has 0 spiro atoms. The van der Waals surface area contributed by atoms with Crippen molar-refractivity contribution >= 4 is 5.71 Å². The lowest BCUT2D eigenvalue weighted by Crippen LogP contribution is -2.03. The number of nitrogens with one attached hydrogen (secondary N) is 1. The Morgan fingerprint density at radius 1 is 1.21 bits per heavy atom. The molecule has 0 fully saturated rings.